The Hall–Kier alpha value is -1.46. The summed E-state index contributed by atoms with van der Waals surface area (Å²) in [4.78, 5) is 12.7. The monoisotopic (exact) mass is 291 g/mol. The van der Waals surface area contributed by atoms with Crippen LogP contribution in [0.5, 0.6) is 0 Å². The van der Waals surface area contributed by atoms with Crippen LogP contribution in [0.25, 0.3) is 0 Å². The molecule has 1 aromatic carbocycles. The van der Waals surface area contributed by atoms with Crippen molar-refractivity contribution in [2.75, 3.05) is 32.7 Å². The highest BCUT2D eigenvalue weighted by molar-refractivity contribution is 5.32. The fourth-order valence-corrected chi connectivity index (χ4v) is 2.83. The Morgan fingerprint density at radius 3 is 2.52 bits per heavy atom. The molecule has 0 unspecified atom stereocenters. The lowest BCUT2D eigenvalue weighted by atomic mass is 9.97. The molecular weight excluding hydrogens is 266 g/mol. The molecule has 0 bridgehead atoms. The first-order chi connectivity index (χ1) is 10.2. The van der Waals surface area contributed by atoms with E-state index in [-0.39, 0.29) is 10.6 Å². The number of benzene rings is 1. The third-order valence-electron chi connectivity index (χ3n) is 4.32. The number of likely N-dealkylation sites (tertiary alicyclic amines) is 1. The number of nitrogens with zero attached hydrogens (tertiary/aromatic N) is 2. The molecule has 21 heavy (non-hydrogen) atoms. The molecular formula is C16H25N3O2. The Labute approximate surface area is 126 Å². The van der Waals surface area contributed by atoms with Crippen molar-refractivity contribution >= 4 is 5.69 Å². The number of nitro groups is 1. The van der Waals surface area contributed by atoms with E-state index in [1.165, 1.54) is 32.5 Å². The molecule has 5 heteroatoms. The van der Waals surface area contributed by atoms with Gasteiger partial charge in [0.25, 0.3) is 5.69 Å². The molecule has 0 spiro atoms. The van der Waals surface area contributed by atoms with Crippen molar-refractivity contribution in [1.82, 2.24) is 10.2 Å². The number of rotatable bonds is 7. The first-order valence-electron chi connectivity index (χ1n) is 7.85. The van der Waals surface area contributed by atoms with E-state index < -0.39 is 0 Å². The predicted molar refractivity (Wildman–Crippen MR) is 84.5 cm³/mol. The van der Waals surface area contributed by atoms with E-state index in [9.17, 15) is 10.1 Å². The zero-order valence-corrected chi connectivity index (χ0v) is 12.8. The predicted octanol–water partition coefficient (Wildman–Crippen LogP) is 2.46. The second-order valence-electron chi connectivity index (χ2n) is 5.76. The summed E-state index contributed by atoms with van der Waals surface area (Å²) in [7, 11) is 0. The van der Waals surface area contributed by atoms with Gasteiger partial charge in [0.15, 0.2) is 0 Å². The lowest BCUT2D eigenvalue weighted by molar-refractivity contribution is -0.384. The van der Waals surface area contributed by atoms with Gasteiger partial charge in [-0.1, -0.05) is 19.1 Å². The summed E-state index contributed by atoms with van der Waals surface area (Å²) >= 11 is 0. The molecule has 5 nitrogen and oxygen atoms in total. The van der Waals surface area contributed by atoms with E-state index in [2.05, 4.69) is 17.1 Å². The average molecular weight is 291 g/mol. The maximum atomic E-state index is 10.6. The van der Waals surface area contributed by atoms with Crippen molar-refractivity contribution in [3.05, 3.63) is 39.9 Å². The van der Waals surface area contributed by atoms with Gasteiger partial charge in [-0.2, -0.15) is 0 Å². The zero-order chi connectivity index (χ0) is 15.1. The van der Waals surface area contributed by atoms with Crippen LogP contribution in [0.3, 0.4) is 0 Å². The second kappa shape index (κ2) is 8.10. The highest BCUT2D eigenvalue weighted by Gasteiger charge is 2.17. The summed E-state index contributed by atoms with van der Waals surface area (Å²) in [5, 5.41) is 14.1. The van der Waals surface area contributed by atoms with Gasteiger partial charge in [-0.3, -0.25) is 10.1 Å². The Morgan fingerprint density at radius 2 is 1.95 bits per heavy atom. The summed E-state index contributed by atoms with van der Waals surface area (Å²) in [6, 6.07) is 6.85. The number of hydrogen-bond donors (Lipinski definition) is 1. The molecule has 116 valence electrons. The molecule has 0 aromatic heterocycles. The minimum absolute atomic E-state index is 0.161. The van der Waals surface area contributed by atoms with E-state index in [0.717, 1.165) is 31.0 Å². The molecule has 0 aliphatic carbocycles. The van der Waals surface area contributed by atoms with Crippen LogP contribution < -0.4 is 5.32 Å². The largest absolute Gasteiger partial charge is 0.316 e. The first kappa shape index (κ1) is 15.9. The third-order valence-corrected chi connectivity index (χ3v) is 4.32. The van der Waals surface area contributed by atoms with Gasteiger partial charge in [-0.25, -0.2) is 0 Å². The smallest absolute Gasteiger partial charge is 0.269 e. The third kappa shape index (κ3) is 5.10. The lowest BCUT2D eigenvalue weighted by Crippen LogP contribution is -2.37. The van der Waals surface area contributed by atoms with Crippen LogP contribution in [0.15, 0.2) is 24.3 Å². The standard InChI is InChI=1S/C16H25N3O2/c1-2-18-11-8-15(9-12-18)13-17-10-7-14-3-5-16(6-4-14)19(20)21/h3-6,15,17H,2,7-13H2,1H3. The molecule has 2 rings (SSSR count). The Kier molecular flexibility index (Phi) is 6.14. The van der Waals surface area contributed by atoms with E-state index in [1.54, 1.807) is 12.1 Å². The summed E-state index contributed by atoms with van der Waals surface area (Å²) < 4.78 is 0. The van der Waals surface area contributed by atoms with Crippen LogP contribution in [0.4, 0.5) is 5.69 Å². The fraction of sp³-hybridized carbons (Fsp3) is 0.625. The number of nitro benzene ring substituents is 1. The molecule has 1 heterocycles. The number of piperidine rings is 1. The summed E-state index contributed by atoms with van der Waals surface area (Å²) in [5.74, 6) is 0.796. The van der Waals surface area contributed by atoms with Gasteiger partial charge in [0.2, 0.25) is 0 Å². The molecule has 0 atom stereocenters. The number of nitrogens with one attached hydrogen (secondary N) is 1. The number of non-ortho nitro benzene ring substituents is 1. The molecule has 1 aliphatic heterocycles. The first-order valence-corrected chi connectivity index (χ1v) is 7.85. The molecule has 1 aliphatic rings. The summed E-state index contributed by atoms with van der Waals surface area (Å²) in [6.45, 7) is 7.87. The molecule has 1 N–H and O–H groups in total. The van der Waals surface area contributed by atoms with E-state index in [1.807, 2.05) is 12.1 Å². The molecule has 0 radical (unpaired) electrons. The van der Waals surface area contributed by atoms with Gasteiger partial charge in [-0.05, 0) is 63.5 Å². The van der Waals surface area contributed by atoms with Gasteiger partial charge < -0.3 is 10.2 Å². The van der Waals surface area contributed by atoms with Crippen LogP contribution >= 0.6 is 0 Å². The molecule has 1 fully saturated rings. The van der Waals surface area contributed by atoms with Crippen molar-refractivity contribution in [2.45, 2.75) is 26.2 Å². The summed E-state index contributed by atoms with van der Waals surface area (Å²) in [5.41, 5.74) is 1.31. The van der Waals surface area contributed by atoms with Crippen LogP contribution in [0.2, 0.25) is 0 Å². The molecule has 0 saturated carbocycles. The van der Waals surface area contributed by atoms with E-state index in [4.69, 9.17) is 0 Å². The average Bonchev–Trinajstić information content (AvgIpc) is 2.52. The molecule has 1 saturated heterocycles. The van der Waals surface area contributed by atoms with Crippen molar-refractivity contribution in [2.24, 2.45) is 5.92 Å². The SMILES string of the molecule is CCN1CCC(CNCCc2ccc([N+](=O)[O-])cc2)CC1. The maximum absolute atomic E-state index is 10.6. The molecule has 1 aromatic rings. The lowest BCUT2D eigenvalue weighted by Gasteiger charge is -2.31. The maximum Gasteiger partial charge on any atom is 0.269 e. The topological polar surface area (TPSA) is 58.4 Å². The van der Waals surface area contributed by atoms with Crippen LogP contribution in [0, 0.1) is 16.0 Å². The van der Waals surface area contributed by atoms with Gasteiger partial charge >= 0.3 is 0 Å². The van der Waals surface area contributed by atoms with Gasteiger partial charge in [0, 0.05) is 12.1 Å². The van der Waals surface area contributed by atoms with E-state index in [0.29, 0.717) is 0 Å². The van der Waals surface area contributed by atoms with Crippen LogP contribution in [0.1, 0.15) is 25.3 Å². The Morgan fingerprint density at radius 1 is 1.29 bits per heavy atom. The summed E-state index contributed by atoms with van der Waals surface area (Å²) in [6.07, 6.45) is 3.50. The van der Waals surface area contributed by atoms with Gasteiger partial charge in [0.05, 0.1) is 4.92 Å². The van der Waals surface area contributed by atoms with Crippen molar-refractivity contribution in [1.29, 1.82) is 0 Å². The van der Waals surface area contributed by atoms with Gasteiger partial charge in [-0.15, -0.1) is 0 Å². The highest BCUT2D eigenvalue weighted by atomic mass is 16.6. The van der Waals surface area contributed by atoms with Crippen LogP contribution in [-0.2, 0) is 6.42 Å². The molecule has 0 amide bonds. The second-order valence-corrected chi connectivity index (χ2v) is 5.76. The van der Waals surface area contributed by atoms with Gasteiger partial charge in [0.1, 0.15) is 0 Å². The minimum atomic E-state index is -0.356. The Bertz CT molecular complexity index is 439. The zero-order valence-electron chi connectivity index (χ0n) is 12.8. The highest BCUT2D eigenvalue weighted by Crippen LogP contribution is 2.16. The number of hydrogen-bond acceptors (Lipinski definition) is 4. The quantitative estimate of drug-likeness (QED) is 0.476. The van der Waals surface area contributed by atoms with Crippen LogP contribution in [-0.4, -0.2) is 42.5 Å². The fourth-order valence-electron chi connectivity index (χ4n) is 2.83. The van der Waals surface area contributed by atoms with Crippen molar-refractivity contribution in [3.63, 3.8) is 0 Å². The van der Waals surface area contributed by atoms with E-state index >= 15 is 0 Å². The van der Waals surface area contributed by atoms with Crippen molar-refractivity contribution in [3.8, 4) is 0 Å². The normalized spacial score (nSPS) is 17.0. The van der Waals surface area contributed by atoms with Crippen molar-refractivity contribution < 1.29 is 4.92 Å². The Balaban J connectivity index is 1.62. The minimum Gasteiger partial charge on any atom is -0.316 e.